The SMILES string of the molecule is CC(C)C[C@H](NC(=O)[C@@H]1CCCN1C(=O)[C@H](Cc1ccccc1)NC(=O)[C@@H](NC(=O)[C@H](Cc1c[nH]c2ccccc12)NC(=O)[C@@H]1CCCN1C(=O)[C@@H]1CCCN1)[C@@H](C)O)C(=O)O. The first-order valence-electron chi connectivity index (χ1n) is 21.8. The summed E-state index contributed by atoms with van der Waals surface area (Å²) in [6, 6.07) is 9.01. The lowest BCUT2D eigenvalue weighted by Crippen LogP contribution is -2.62. The van der Waals surface area contributed by atoms with E-state index in [1.54, 1.807) is 41.4 Å². The molecule has 3 aliphatic heterocycles. The molecule has 62 heavy (non-hydrogen) atoms. The van der Waals surface area contributed by atoms with Gasteiger partial charge < -0.3 is 51.6 Å². The lowest BCUT2D eigenvalue weighted by molar-refractivity contribution is -0.145. The maximum atomic E-state index is 14.4. The Morgan fingerprint density at radius 3 is 2.02 bits per heavy atom. The average molecular weight is 857 g/mol. The number of para-hydroxylation sites is 1. The molecule has 3 aliphatic rings. The summed E-state index contributed by atoms with van der Waals surface area (Å²) in [5.41, 5.74) is 2.22. The van der Waals surface area contributed by atoms with Gasteiger partial charge in [-0.15, -0.1) is 0 Å². The highest BCUT2D eigenvalue weighted by Gasteiger charge is 2.42. The van der Waals surface area contributed by atoms with Crippen LogP contribution >= 0.6 is 0 Å². The van der Waals surface area contributed by atoms with Crippen molar-refractivity contribution in [1.29, 1.82) is 0 Å². The van der Waals surface area contributed by atoms with Gasteiger partial charge in [-0.1, -0.05) is 62.4 Å². The number of hydrogen-bond donors (Lipinski definition) is 8. The van der Waals surface area contributed by atoms with Crippen LogP contribution in [0.4, 0.5) is 0 Å². The van der Waals surface area contributed by atoms with Crippen molar-refractivity contribution in [3.05, 3.63) is 71.9 Å². The summed E-state index contributed by atoms with van der Waals surface area (Å²) in [6.45, 7) is 6.32. The number of carbonyl (C=O) groups excluding carboxylic acids is 6. The molecule has 17 nitrogen and oxygen atoms in total. The highest BCUT2D eigenvalue weighted by Crippen LogP contribution is 2.24. The number of aliphatic carboxylic acids is 1. The van der Waals surface area contributed by atoms with Gasteiger partial charge in [-0.05, 0) is 81.5 Å². The lowest BCUT2D eigenvalue weighted by atomic mass is 10.0. The quantitative estimate of drug-likeness (QED) is 0.0908. The smallest absolute Gasteiger partial charge is 0.326 e. The molecule has 3 aromatic rings. The molecule has 6 amide bonds. The van der Waals surface area contributed by atoms with Crippen molar-refractivity contribution in [2.24, 2.45) is 5.92 Å². The van der Waals surface area contributed by atoms with Crippen LogP contribution in [-0.2, 0) is 46.4 Å². The van der Waals surface area contributed by atoms with E-state index in [0.29, 0.717) is 43.4 Å². The number of fused-ring (bicyclic) bond motifs is 1. The molecular weight excluding hydrogens is 797 g/mol. The number of aliphatic hydroxyl groups is 1. The molecule has 3 saturated heterocycles. The number of carbonyl (C=O) groups is 7. The van der Waals surface area contributed by atoms with E-state index in [9.17, 15) is 43.8 Å². The van der Waals surface area contributed by atoms with Crippen molar-refractivity contribution in [3.63, 3.8) is 0 Å². The third kappa shape index (κ3) is 11.2. The van der Waals surface area contributed by atoms with Gasteiger partial charge in [0.15, 0.2) is 0 Å². The molecule has 6 rings (SSSR count). The summed E-state index contributed by atoms with van der Waals surface area (Å²) in [4.78, 5) is 102. The molecule has 3 fully saturated rings. The zero-order valence-electron chi connectivity index (χ0n) is 35.6. The lowest BCUT2D eigenvalue weighted by Gasteiger charge is -2.31. The number of amides is 6. The second-order valence-electron chi connectivity index (χ2n) is 17.2. The van der Waals surface area contributed by atoms with Gasteiger partial charge in [0.25, 0.3) is 0 Å². The fourth-order valence-corrected chi connectivity index (χ4v) is 8.83. The predicted molar refractivity (Wildman–Crippen MR) is 229 cm³/mol. The van der Waals surface area contributed by atoms with Gasteiger partial charge in [0, 0.05) is 43.0 Å². The minimum atomic E-state index is -1.58. The molecule has 17 heteroatoms. The van der Waals surface area contributed by atoms with Gasteiger partial charge in [0.2, 0.25) is 35.4 Å². The molecule has 1 aromatic heterocycles. The van der Waals surface area contributed by atoms with Crippen molar-refractivity contribution in [3.8, 4) is 0 Å². The second kappa shape index (κ2) is 20.8. The first kappa shape index (κ1) is 45.7. The van der Waals surface area contributed by atoms with E-state index in [4.69, 9.17) is 0 Å². The van der Waals surface area contributed by atoms with Crippen LogP contribution in [0.3, 0.4) is 0 Å². The normalized spacial score (nSPS) is 21.2. The number of nitrogens with zero attached hydrogens (tertiary/aromatic N) is 2. The molecule has 0 saturated carbocycles. The summed E-state index contributed by atoms with van der Waals surface area (Å²) < 4.78 is 0. The van der Waals surface area contributed by atoms with Crippen molar-refractivity contribution >= 4 is 52.3 Å². The van der Waals surface area contributed by atoms with Gasteiger partial charge >= 0.3 is 5.97 Å². The molecule has 4 heterocycles. The maximum absolute atomic E-state index is 14.4. The molecule has 8 atom stereocenters. The van der Waals surface area contributed by atoms with Crippen LogP contribution in [-0.4, -0.2) is 134 Å². The third-order valence-corrected chi connectivity index (χ3v) is 12.0. The number of carboxylic acids is 1. The number of aromatic amines is 1. The molecule has 0 unspecified atom stereocenters. The number of rotatable bonds is 18. The van der Waals surface area contributed by atoms with Crippen LogP contribution in [0.15, 0.2) is 60.8 Å². The zero-order valence-corrected chi connectivity index (χ0v) is 35.6. The van der Waals surface area contributed by atoms with E-state index in [1.165, 1.54) is 11.8 Å². The molecule has 8 N–H and O–H groups in total. The summed E-state index contributed by atoms with van der Waals surface area (Å²) >= 11 is 0. The fourth-order valence-electron chi connectivity index (χ4n) is 8.83. The van der Waals surface area contributed by atoms with Crippen molar-refractivity contribution < 1.29 is 43.8 Å². The number of nitrogens with one attached hydrogen (secondary N) is 6. The molecule has 2 aromatic carbocycles. The Bertz CT molecular complexity index is 2080. The molecule has 0 spiro atoms. The largest absolute Gasteiger partial charge is 0.480 e. The van der Waals surface area contributed by atoms with Crippen LogP contribution in [0.1, 0.15) is 76.8 Å². The summed E-state index contributed by atoms with van der Waals surface area (Å²) in [5.74, 6) is -4.69. The van der Waals surface area contributed by atoms with Crippen LogP contribution < -0.4 is 26.6 Å². The molecule has 0 aliphatic carbocycles. The molecule has 0 radical (unpaired) electrons. The van der Waals surface area contributed by atoms with Gasteiger partial charge in [-0.2, -0.15) is 0 Å². The first-order valence-corrected chi connectivity index (χ1v) is 21.8. The maximum Gasteiger partial charge on any atom is 0.326 e. The van der Waals surface area contributed by atoms with E-state index in [2.05, 4.69) is 31.6 Å². The number of H-pyrrole nitrogens is 1. The van der Waals surface area contributed by atoms with E-state index in [1.807, 2.05) is 38.1 Å². The Kier molecular flexibility index (Phi) is 15.4. The Balaban J connectivity index is 1.21. The number of carboxylic acid groups (broad SMARTS) is 1. The monoisotopic (exact) mass is 856 g/mol. The van der Waals surface area contributed by atoms with E-state index < -0.39 is 77.9 Å². The molecule has 0 bridgehead atoms. The minimum Gasteiger partial charge on any atom is -0.480 e. The van der Waals surface area contributed by atoms with Crippen molar-refractivity contribution in [2.75, 3.05) is 19.6 Å². The van der Waals surface area contributed by atoms with Gasteiger partial charge in [0.05, 0.1) is 12.1 Å². The Morgan fingerprint density at radius 1 is 0.726 bits per heavy atom. The summed E-state index contributed by atoms with van der Waals surface area (Å²) in [6.07, 6.45) is 3.82. The second-order valence-corrected chi connectivity index (χ2v) is 17.2. The molecular formula is C45H60N8O9. The number of benzene rings is 2. The summed E-state index contributed by atoms with van der Waals surface area (Å²) in [7, 11) is 0. The fraction of sp³-hybridized carbons (Fsp3) is 0.533. The Hall–Kier alpha value is -5.81. The number of aliphatic hydroxyl groups excluding tert-OH is 1. The number of aromatic nitrogens is 1. The van der Waals surface area contributed by atoms with E-state index in [0.717, 1.165) is 23.9 Å². The van der Waals surface area contributed by atoms with Gasteiger partial charge in [-0.25, -0.2) is 4.79 Å². The zero-order chi connectivity index (χ0) is 44.5. The third-order valence-electron chi connectivity index (χ3n) is 12.0. The number of likely N-dealkylation sites (tertiary alicyclic amines) is 2. The van der Waals surface area contributed by atoms with Gasteiger partial charge in [-0.3, -0.25) is 28.8 Å². The van der Waals surface area contributed by atoms with Crippen LogP contribution in [0, 0.1) is 5.92 Å². The minimum absolute atomic E-state index is 0.00795. The van der Waals surface area contributed by atoms with Crippen LogP contribution in [0.5, 0.6) is 0 Å². The van der Waals surface area contributed by atoms with Gasteiger partial charge in [0.1, 0.15) is 36.3 Å². The Morgan fingerprint density at radius 2 is 1.37 bits per heavy atom. The topological polar surface area (TPSA) is 242 Å². The predicted octanol–water partition coefficient (Wildman–Crippen LogP) is 1.14. The standard InChI is InChI=1S/C45H60N8O9/c1-26(2)22-35(45(61)62)50-41(57)37-18-11-21-53(37)44(60)34(23-28-12-5-4-6-13-28)49-42(58)38(27(3)54)51-39(55)33(24-29-25-47-31-15-8-7-14-30(29)31)48-40(56)36-17-10-20-52(36)43(59)32-16-9-19-46-32/h4-8,12-15,25-27,32-38,46-47,54H,9-11,16-24H2,1-3H3,(H,48,56)(H,49,58)(H,50,57)(H,51,55)(H,61,62)/t27-,32+,33+,34+,35+,36+,37+,38+/m1/s1. The van der Waals surface area contributed by atoms with Crippen molar-refractivity contribution in [1.82, 2.24) is 41.4 Å². The van der Waals surface area contributed by atoms with Crippen LogP contribution in [0.2, 0.25) is 0 Å². The Labute approximate surface area is 361 Å². The average Bonchev–Trinajstić information content (AvgIpc) is 4.09. The van der Waals surface area contributed by atoms with E-state index in [-0.39, 0.29) is 50.1 Å². The van der Waals surface area contributed by atoms with E-state index >= 15 is 0 Å². The van der Waals surface area contributed by atoms with Crippen molar-refractivity contribution in [2.45, 2.75) is 127 Å². The highest BCUT2D eigenvalue weighted by atomic mass is 16.4. The molecule has 334 valence electrons. The van der Waals surface area contributed by atoms with Crippen LogP contribution in [0.25, 0.3) is 10.9 Å². The first-order chi connectivity index (χ1) is 29.7. The number of hydrogen-bond acceptors (Lipinski definition) is 9. The highest BCUT2D eigenvalue weighted by molar-refractivity contribution is 5.98. The summed E-state index contributed by atoms with van der Waals surface area (Å²) in [5, 5.41) is 35.6.